The zero-order chi connectivity index (χ0) is 23.6. The minimum atomic E-state index is -0.981. The zero-order valence-electron chi connectivity index (χ0n) is 19.5. The Morgan fingerprint density at radius 2 is 1.68 bits per heavy atom. The van der Waals surface area contributed by atoms with Crippen LogP contribution in [0.2, 0.25) is 0 Å². The molecule has 1 rings (SSSR count). The molecular formula is C24H37NO6. The Morgan fingerprint density at radius 1 is 1.06 bits per heavy atom. The molecule has 1 unspecified atom stereocenters. The van der Waals surface area contributed by atoms with Gasteiger partial charge in [0, 0.05) is 14.2 Å². The van der Waals surface area contributed by atoms with Crippen molar-refractivity contribution < 1.29 is 29.0 Å². The first-order valence-electron chi connectivity index (χ1n) is 10.8. The third-order valence-corrected chi connectivity index (χ3v) is 5.83. The van der Waals surface area contributed by atoms with E-state index in [2.05, 4.69) is 0 Å². The van der Waals surface area contributed by atoms with Crippen LogP contribution in [0.5, 0.6) is 0 Å². The molecule has 0 fully saturated rings. The summed E-state index contributed by atoms with van der Waals surface area (Å²) in [5, 5.41) is 9.26. The average Bonchev–Trinajstić information content (AvgIpc) is 2.74. The Hall–Kier alpha value is -2.41. The number of nitrogens with zero attached hydrogens (tertiary/aromatic N) is 1. The summed E-state index contributed by atoms with van der Waals surface area (Å²) in [6.45, 7) is 7.91. The predicted octanol–water partition coefficient (Wildman–Crippen LogP) is 3.75. The van der Waals surface area contributed by atoms with E-state index in [0.717, 1.165) is 12.0 Å². The molecular weight excluding hydrogens is 398 g/mol. The standard InChI is InChI=1S/C24H37NO6/c1-7-17(4)23(20(30-6)14-21(26)27)25(5)24(29)19(16(2)3)13-22(28)31-15-18-11-9-8-10-12-18/h8-12,16-17,19-20,23H,7,13-15H2,1-6H3,(H,26,27)/t17-,19-,20?,23-/m0/s1. The van der Waals surface area contributed by atoms with Crippen LogP contribution in [0.1, 0.15) is 52.5 Å². The highest BCUT2D eigenvalue weighted by Gasteiger charge is 2.37. The molecule has 0 saturated carbocycles. The molecule has 0 bridgehead atoms. The van der Waals surface area contributed by atoms with E-state index >= 15 is 0 Å². The van der Waals surface area contributed by atoms with Crippen LogP contribution in [0.4, 0.5) is 0 Å². The minimum Gasteiger partial charge on any atom is -0.481 e. The molecule has 0 saturated heterocycles. The largest absolute Gasteiger partial charge is 0.481 e. The van der Waals surface area contributed by atoms with Gasteiger partial charge in [-0.2, -0.15) is 0 Å². The Morgan fingerprint density at radius 3 is 2.16 bits per heavy atom. The second-order valence-electron chi connectivity index (χ2n) is 8.40. The van der Waals surface area contributed by atoms with E-state index in [1.54, 1.807) is 11.9 Å². The molecule has 7 nitrogen and oxygen atoms in total. The number of hydrogen-bond donors (Lipinski definition) is 1. The molecule has 1 N–H and O–H groups in total. The molecule has 1 aromatic rings. The van der Waals surface area contributed by atoms with Gasteiger partial charge in [-0.05, 0) is 17.4 Å². The average molecular weight is 436 g/mol. The van der Waals surface area contributed by atoms with Crippen LogP contribution < -0.4 is 0 Å². The fourth-order valence-corrected chi connectivity index (χ4v) is 3.75. The Balaban J connectivity index is 2.94. The lowest BCUT2D eigenvalue weighted by Crippen LogP contribution is -2.52. The number of carbonyl (C=O) groups is 3. The summed E-state index contributed by atoms with van der Waals surface area (Å²) in [5.41, 5.74) is 0.883. The number of hydrogen-bond acceptors (Lipinski definition) is 5. The van der Waals surface area contributed by atoms with Gasteiger partial charge < -0.3 is 19.5 Å². The van der Waals surface area contributed by atoms with Crippen molar-refractivity contribution in [1.29, 1.82) is 0 Å². The van der Waals surface area contributed by atoms with E-state index in [0.29, 0.717) is 0 Å². The number of likely N-dealkylation sites (N-methyl/N-ethyl adjacent to an activating group) is 1. The van der Waals surface area contributed by atoms with Gasteiger partial charge >= 0.3 is 11.9 Å². The highest BCUT2D eigenvalue weighted by molar-refractivity contribution is 5.84. The van der Waals surface area contributed by atoms with Gasteiger partial charge in [-0.15, -0.1) is 0 Å². The number of benzene rings is 1. The highest BCUT2D eigenvalue weighted by Crippen LogP contribution is 2.26. The van der Waals surface area contributed by atoms with E-state index in [4.69, 9.17) is 9.47 Å². The summed E-state index contributed by atoms with van der Waals surface area (Å²) in [6.07, 6.45) is -0.113. The van der Waals surface area contributed by atoms with Crippen molar-refractivity contribution in [3.8, 4) is 0 Å². The third-order valence-electron chi connectivity index (χ3n) is 5.83. The number of esters is 1. The maximum Gasteiger partial charge on any atom is 0.306 e. The van der Waals surface area contributed by atoms with Gasteiger partial charge in [0.05, 0.1) is 30.9 Å². The van der Waals surface area contributed by atoms with Crippen LogP contribution in [0.3, 0.4) is 0 Å². The van der Waals surface area contributed by atoms with Gasteiger partial charge in [-0.1, -0.05) is 64.4 Å². The SMILES string of the molecule is CC[C@H](C)[C@@H](C(CC(=O)O)OC)N(C)C(=O)[C@@H](CC(=O)OCc1ccccc1)C(C)C. The van der Waals surface area contributed by atoms with Crippen LogP contribution >= 0.6 is 0 Å². The molecule has 1 amide bonds. The third kappa shape index (κ3) is 8.32. The van der Waals surface area contributed by atoms with Gasteiger partial charge in [0.15, 0.2) is 0 Å². The van der Waals surface area contributed by atoms with Crippen molar-refractivity contribution in [2.45, 2.75) is 65.7 Å². The van der Waals surface area contributed by atoms with Crippen LogP contribution in [0, 0.1) is 17.8 Å². The van der Waals surface area contributed by atoms with E-state index < -0.39 is 30.0 Å². The minimum absolute atomic E-state index is 0.0242. The number of carboxylic acid groups (broad SMARTS) is 1. The number of rotatable bonds is 13. The molecule has 0 radical (unpaired) electrons. The number of methoxy groups -OCH3 is 1. The number of amides is 1. The van der Waals surface area contributed by atoms with Crippen LogP contribution in [0.25, 0.3) is 0 Å². The molecule has 31 heavy (non-hydrogen) atoms. The second-order valence-corrected chi connectivity index (χ2v) is 8.40. The molecule has 0 heterocycles. The lowest BCUT2D eigenvalue weighted by Gasteiger charge is -2.39. The fourth-order valence-electron chi connectivity index (χ4n) is 3.75. The molecule has 0 spiro atoms. The van der Waals surface area contributed by atoms with Crippen LogP contribution in [0.15, 0.2) is 30.3 Å². The summed E-state index contributed by atoms with van der Waals surface area (Å²) in [7, 11) is 3.12. The zero-order valence-corrected chi connectivity index (χ0v) is 19.5. The van der Waals surface area contributed by atoms with E-state index in [-0.39, 0.29) is 37.2 Å². The molecule has 0 aliphatic carbocycles. The van der Waals surface area contributed by atoms with E-state index in [1.165, 1.54) is 7.11 Å². The first-order chi connectivity index (χ1) is 14.6. The Bertz CT molecular complexity index is 705. The lowest BCUT2D eigenvalue weighted by atomic mass is 9.87. The lowest BCUT2D eigenvalue weighted by molar-refractivity contribution is -0.154. The van der Waals surface area contributed by atoms with E-state index in [1.807, 2.05) is 58.0 Å². The quantitative estimate of drug-likeness (QED) is 0.474. The van der Waals surface area contributed by atoms with Crippen molar-refractivity contribution in [2.75, 3.05) is 14.2 Å². The molecule has 7 heteroatoms. The first-order valence-corrected chi connectivity index (χ1v) is 10.8. The van der Waals surface area contributed by atoms with Crippen LogP contribution in [-0.4, -0.2) is 54.2 Å². The van der Waals surface area contributed by atoms with Gasteiger partial charge in [-0.25, -0.2) is 0 Å². The van der Waals surface area contributed by atoms with Crippen molar-refractivity contribution in [2.24, 2.45) is 17.8 Å². The molecule has 0 aliphatic rings. The number of aliphatic carboxylic acids is 1. The summed E-state index contributed by atoms with van der Waals surface area (Å²) >= 11 is 0. The summed E-state index contributed by atoms with van der Waals surface area (Å²) in [4.78, 5) is 38.7. The summed E-state index contributed by atoms with van der Waals surface area (Å²) in [6, 6.07) is 8.96. The predicted molar refractivity (Wildman–Crippen MR) is 118 cm³/mol. The molecule has 4 atom stereocenters. The van der Waals surface area contributed by atoms with Gasteiger partial charge in [-0.3, -0.25) is 14.4 Å². The molecule has 0 aromatic heterocycles. The normalized spacial score (nSPS) is 15.1. The first kappa shape index (κ1) is 26.6. The number of carboxylic acids is 1. The van der Waals surface area contributed by atoms with Gasteiger partial charge in [0.25, 0.3) is 0 Å². The van der Waals surface area contributed by atoms with Gasteiger partial charge in [0.2, 0.25) is 5.91 Å². The monoisotopic (exact) mass is 435 g/mol. The molecule has 174 valence electrons. The smallest absolute Gasteiger partial charge is 0.306 e. The van der Waals surface area contributed by atoms with E-state index in [9.17, 15) is 19.5 Å². The Labute approximate surface area is 185 Å². The van der Waals surface area contributed by atoms with Crippen molar-refractivity contribution >= 4 is 17.8 Å². The van der Waals surface area contributed by atoms with Crippen molar-refractivity contribution in [3.05, 3.63) is 35.9 Å². The van der Waals surface area contributed by atoms with Crippen molar-refractivity contribution in [3.63, 3.8) is 0 Å². The van der Waals surface area contributed by atoms with Crippen LogP contribution in [-0.2, 0) is 30.5 Å². The molecule has 1 aromatic carbocycles. The highest BCUT2D eigenvalue weighted by atomic mass is 16.5. The number of ether oxygens (including phenoxy) is 2. The number of carbonyl (C=O) groups excluding carboxylic acids is 2. The Kier molecular flexibility index (Phi) is 11.3. The second kappa shape index (κ2) is 13.1. The maximum atomic E-state index is 13.4. The topological polar surface area (TPSA) is 93.1 Å². The molecule has 0 aliphatic heterocycles. The summed E-state index contributed by atoms with van der Waals surface area (Å²) < 4.78 is 10.8. The fraction of sp³-hybridized carbons (Fsp3) is 0.625. The van der Waals surface area contributed by atoms with Gasteiger partial charge in [0.1, 0.15) is 6.61 Å². The van der Waals surface area contributed by atoms with Crippen molar-refractivity contribution in [1.82, 2.24) is 4.90 Å². The maximum absolute atomic E-state index is 13.4. The summed E-state index contributed by atoms with van der Waals surface area (Å²) in [5.74, 6) is -2.25.